The van der Waals surface area contributed by atoms with E-state index in [1.54, 1.807) is 0 Å². The van der Waals surface area contributed by atoms with Gasteiger partial charge in [0.15, 0.2) is 0 Å². The Labute approximate surface area is 134 Å². The van der Waals surface area contributed by atoms with Crippen molar-refractivity contribution in [1.29, 1.82) is 0 Å². The highest BCUT2D eigenvalue weighted by atomic mass is 15.2. The number of nitrogens with zero attached hydrogens (tertiary/aromatic N) is 1. The molecule has 2 heteroatoms. The standard InChI is InChI=1S/C20H26N2/c1-16-5-7-17(8-6-16)14-20-4-2-3-13-22(20)19-11-9-18(15-21)10-12-19/h5-12,20H,2-4,13-15,21H2,1H3. The molecule has 1 atom stereocenters. The van der Waals surface area contributed by atoms with E-state index in [2.05, 4.69) is 60.4 Å². The van der Waals surface area contributed by atoms with Crippen LogP contribution >= 0.6 is 0 Å². The maximum absolute atomic E-state index is 5.71. The smallest absolute Gasteiger partial charge is 0.0369 e. The predicted molar refractivity (Wildman–Crippen MR) is 94.2 cm³/mol. The molecule has 2 nitrogen and oxygen atoms in total. The van der Waals surface area contributed by atoms with Crippen molar-refractivity contribution in [3.63, 3.8) is 0 Å². The van der Waals surface area contributed by atoms with Gasteiger partial charge in [-0.15, -0.1) is 0 Å². The van der Waals surface area contributed by atoms with Gasteiger partial charge >= 0.3 is 0 Å². The Morgan fingerprint density at radius 1 is 0.955 bits per heavy atom. The zero-order chi connectivity index (χ0) is 15.4. The van der Waals surface area contributed by atoms with Crippen LogP contribution in [-0.4, -0.2) is 12.6 Å². The lowest BCUT2D eigenvalue weighted by Crippen LogP contribution is -2.41. The highest BCUT2D eigenvalue weighted by Crippen LogP contribution is 2.27. The minimum atomic E-state index is 0.611. The first-order chi connectivity index (χ1) is 10.8. The first-order valence-corrected chi connectivity index (χ1v) is 8.37. The van der Waals surface area contributed by atoms with E-state index >= 15 is 0 Å². The van der Waals surface area contributed by atoms with Crippen LogP contribution in [0.2, 0.25) is 0 Å². The van der Waals surface area contributed by atoms with Crippen molar-refractivity contribution in [1.82, 2.24) is 0 Å². The van der Waals surface area contributed by atoms with Crippen molar-refractivity contribution >= 4 is 5.69 Å². The summed E-state index contributed by atoms with van der Waals surface area (Å²) in [6, 6.07) is 18.4. The number of anilines is 1. The van der Waals surface area contributed by atoms with Gasteiger partial charge in [0.2, 0.25) is 0 Å². The number of piperidine rings is 1. The second-order valence-corrected chi connectivity index (χ2v) is 6.40. The molecule has 22 heavy (non-hydrogen) atoms. The Kier molecular flexibility index (Phi) is 4.79. The zero-order valence-corrected chi connectivity index (χ0v) is 13.5. The normalized spacial score (nSPS) is 18.5. The van der Waals surface area contributed by atoms with E-state index in [1.165, 1.54) is 48.2 Å². The van der Waals surface area contributed by atoms with Gasteiger partial charge in [0.1, 0.15) is 0 Å². The molecule has 2 aromatic carbocycles. The molecule has 116 valence electrons. The summed E-state index contributed by atoms with van der Waals surface area (Å²) in [5, 5.41) is 0. The summed E-state index contributed by atoms with van der Waals surface area (Å²) in [4.78, 5) is 2.59. The van der Waals surface area contributed by atoms with Gasteiger partial charge in [-0.05, 0) is 55.9 Å². The minimum Gasteiger partial charge on any atom is -0.368 e. The maximum atomic E-state index is 5.71. The minimum absolute atomic E-state index is 0.611. The molecule has 3 rings (SSSR count). The fourth-order valence-corrected chi connectivity index (χ4v) is 3.37. The number of nitrogens with two attached hydrogens (primary N) is 1. The van der Waals surface area contributed by atoms with Crippen LogP contribution in [0.5, 0.6) is 0 Å². The topological polar surface area (TPSA) is 29.3 Å². The predicted octanol–water partition coefficient (Wildman–Crippen LogP) is 4.06. The van der Waals surface area contributed by atoms with Gasteiger partial charge in [-0.3, -0.25) is 0 Å². The lowest BCUT2D eigenvalue weighted by atomic mass is 9.94. The zero-order valence-electron chi connectivity index (χ0n) is 13.5. The summed E-state index contributed by atoms with van der Waals surface area (Å²) in [6.07, 6.45) is 5.06. The fourth-order valence-electron chi connectivity index (χ4n) is 3.37. The second-order valence-electron chi connectivity index (χ2n) is 6.40. The summed E-state index contributed by atoms with van der Waals surface area (Å²) < 4.78 is 0. The third kappa shape index (κ3) is 3.50. The van der Waals surface area contributed by atoms with Crippen LogP contribution in [0, 0.1) is 6.92 Å². The third-order valence-corrected chi connectivity index (χ3v) is 4.72. The average Bonchev–Trinajstić information content (AvgIpc) is 2.58. The van der Waals surface area contributed by atoms with Crippen LogP contribution in [0.15, 0.2) is 48.5 Å². The van der Waals surface area contributed by atoms with Crippen LogP contribution in [-0.2, 0) is 13.0 Å². The summed E-state index contributed by atoms with van der Waals surface area (Å²) in [6.45, 7) is 3.93. The molecule has 1 fully saturated rings. The van der Waals surface area contributed by atoms with E-state index in [1.807, 2.05) is 0 Å². The first-order valence-electron chi connectivity index (χ1n) is 8.37. The second kappa shape index (κ2) is 6.97. The van der Waals surface area contributed by atoms with Crippen molar-refractivity contribution in [2.24, 2.45) is 5.73 Å². The van der Waals surface area contributed by atoms with Crippen molar-refractivity contribution in [3.05, 3.63) is 65.2 Å². The Hall–Kier alpha value is -1.80. The third-order valence-electron chi connectivity index (χ3n) is 4.72. The van der Waals surface area contributed by atoms with Gasteiger partial charge in [-0.2, -0.15) is 0 Å². The Balaban J connectivity index is 1.76. The van der Waals surface area contributed by atoms with E-state index in [0.29, 0.717) is 12.6 Å². The van der Waals surface area contributed by atoms with Crippen LogP contribution in [0.3, 0.4) is 0 Å². The summed E-state index contributed by atoms with van der Waals surface area (Å²) in [5.41, 5.74) is 11.0. The molecule has 1 aliphatic rings. The van der Waals surface area contributed by atoms with E-state index in [4.69, 9.17) is 5.73 Å². The Morgan fingerprint density at radius 2 is 1.64 bits per heavy atom. The van der Waals surface area contributed by atoms with E-state index in [0.717, 1.165) is 6.42 Å². The molecule has 2 aromatic rings. The molecule has 1 heterocycles. The van der Waals surface area contributed by atoms with E-state index in [9.17, 15) is 0 Å². The van der Waals surface area contributed by atoms with Crippen LogP contribution in [0.25, 0.3) is 0 Å². The molecule has 0 radical (unpaired) electrons. The summed E-state index contributed by atoms with van der Waals surface area (Å²) in [5.74, 6) is 0. The number of rotatable bonds is 4. The Bertz CT molecular complexity index is 586. The number of hydrogen-bond acceptors (Lipinski definition) is 2. The summed E-state index contributed by atoms with van der Waals surface area (Å²) >= 11 is 0. The number of aryl methyl sites for hydroxylation is 1. The molecular formula is C20H26N2. The lowest BCUT2D eigenvalue weighted by molar-refractivity contribution is 0.457. The molecule has 1 saturated heterocycles. The molecule has 0 aromatic heterocycles. The van der Waals surface area contributed by atoms with E-state index in [-0.39, 0.29) is 0 Å². The van der Waals surface area contributed by atoms with Crippen molar-refractivity contribution < 1.29 is 0 Å². The average molecular weight is 294 g/mol. The van der Waals surface area contributed by atoms with Gasteiger partial charge in [-0.1, -0.05) is 42.0 Å². The van der Waals surface area contributed by atoms with Crippen LogP contribution in [0.4, 0.5) is 5.69 Å². The first kappa shape index (κ1) is 15.1. The molecule has 0 spiro atoms. The van der Waals surface area contributed by atoms with Crippen molar-refractivity contribution in [2.75, 3.05) is 11.4 Å². The Morgan fingerprint density at radius 3 is 2.32 bits per heavy atom. The highest BCUT2D eigenvalue weighted by Gasteiger charge is 2.22. The SMILES string of the molecule is Cc1ccc(CC2CCCCN2c2ccc(CN)cc2)cc1. The van der Waals surface area contributed by atoms with Crippen LogP contribution in [0.1, 0.15) is 36.0 Å². The molecule has 0 saturated carbocycles. The molecule has 0 aliphatic carbocycles. The van der Waals surface area contributed by atoms with Gasteiger partial charge in [0.25, 0.3) is 0 Å². The maximum Gasteiger partial charge on any atom is 0.0369 e. The van der Waals surface area contributed by atoms with Gasteiger partial charge in [0.05, 0.1) is 0 Å². The molecule has 0 bridgehead atoms. The van der Waals surface area contributed by atoms with Crippen LogP contribution < -0.4 is 10.6 Å². The quantitative estimate of drug-likeness (QED) is 0.921. The number of benzene rings is 2. The van der Waals surface area contributed by atoms with Gasteiger partial charge in [0, 0.05) is 24.8 Å². The molecule has 2 N–H and O–H groups in total. The fraction of sp³-hybridized carbons (Fsp3) is 0.400. The number of hydrogen-bond donors (Lipinski definition) is 1. The molecular weight excluding hydrogens is 268 g/mol. The summed E-state index contributed by atoms with van der Waals surface area (Å²) in [7, 11) is 0. The molecule has 0 amide bonds. The molecule has 1 aliphatic heterocycles. The van der Waals surface area contributed by atoms with Gasteiger partial charge < -0.3 is 10.6 Å². The lowest BCUT2D eigenvalue weighted by Gasteiger charge is -2.38. The monoisotopic (exact) mass is 294 g/mol. The van der Waals surface area contributed by atoms with Crippen molar-refractivity contribution in [3.8, 4) is 0 Å². The van der Waals surface area contributed by atoms with E-state index < -0.39 is 0 Å². The van der Waals surface area contributed by atoms with Gasteiger partial charge in [-0.25, -0.2) is 0 Å². The highest BCUT2D eigenvalue weighted by molar-refractivity contribution is 5.49. The largest absolute Gasteiger partial charge is 0.368 e. The van der Waals surface area contributed by atoms with Crippen molar-refractivity contribution in [2.45, 2.75) is 45.2 Å². The molecule has 1 unspecified atom stereocenters.